The van der Waals surface area contributed by atoms with E-state index < -0.39 is 0 Å². The average molecular weight is 220 g/mol. The Kier molecular flexibility index (Phi) is 2.74. The summed E-state index contributed by atoms with van der Waals surface area (Å²) in [5.41, 5.74) is 11.9. The summed E-state index contributed by atoms with van der Waals surface area (Å²) in [7, 11) is 0. The average Bonchev–Trinajstić information content (AvgIpc) is 2.25. The van der Waals surface area contributed by atoms with Gasteiger partial charge in [0.2, 0.25) is 5.95 Å². The quantitative estimate of drug-likeness (QED) is 0.680. The van der Waals surface area contributed by atoms with Crippen molar-refractivity contribution in [2.75, 3.05) is 24.7 Å². The van der Waals surface area contributed by atoms with Gasteiger partial charge in [0, 0.05) is 0 Å². The number of nitrogen functional groups attached to an aromatic ring is 2. The molecule has 0 amide bonds. The third-order valence-electron chi connectivity index (χ3n) is 2.08. The largest absolute Gasteiger partial charge is 0.490 e. The standard InChI is InChI=1S/C10H12N4O2/c11-9-8-6(13-10(12)14-9)2-1-3-7(8)16-5-4-15/h1-3,15H,4-5H2,(H4,11,12,13,14). The molecule has 0 saturated heterocycles. The number of ether oxygens (including phenoxy) is 1. The molecule has 0 fully saturated rings. The zero-order valence-corrected chi connectivity index (χ0v) is 8.55. The highest BCUT2D eigenvalue weighted by atomic mass is 16.5. The van der Waals surface area contributed by atoms with Gasteiger partial charge in [-0.25, -0.2) is 4.98 Å². The molecular weight excluding hydrogens is 208 g/mol. The number of hydrogen-bond acceptors (Lipinski definition) is 6. The smallest absolute Gasteiger partial charge is 0.222 e. The molecule has 5 N–H and O–H groups in total. The molecule has 2 aromatic rings. The van der Waals surface area contributed by atoms with Crippen molar-refractivity contribution in [3.05, 3.63) is 18.2 Å². The first-order chi connectivity index (χ1) is 7.72. The van der Waals surface area contributed by atoms with Gasteiger partial charge in [0.05, 0.1) is 17.5 Å². The Balaban J connectivity index is 2.57. The number of benzene rings is 1. The van der Waals surface area contributed by atoms with Gasteiger partial charge in [-0.2, -0.15) is 4.98 Å². The molecule has 0 bridgehead atoms. The molecule has 0 spiro atoms. The molecule has 0 unspecified atom stereocenters. The summed E-state index contributed by atoms with van der Waals surface area (Å²) in [5.74, 6) is 0.949. The molecule has 6 heteroatoms. The molecule has 0 aliphatic rings. The van der Waals surface area contributed by atoms with Crippen LogP contribution in [0.2, 0.25) is 0 Å². The lowest BCUT2D eigenvalue weighted by atomic mass is 10.2. The molecule has 0 saturated carbocycles. The van der Waals surface area contributed by atoms with Crippen LogP contribution < -0.4 is 16.2 Å². The van der Waals surface area contributed by atoms with Crippen LogP contribution in [-0.4, -0.2) is 28.3 Å². The van der Waals surface area contributed by atoms with Gasteiger partial charge in [0.15, 0.2) is 0 Å². The zero-order chi connectivity index (χ0) is 11.5. The number of aromatic nitrogens is 2. The first-order valence-corrected chi connectivity index (χ1v) is 4.77. The molecule has 16 heavy (non-hydrogen) atoms. The van der Waals surface area contributed by atoms with Gasteiger partial charge in [-0.3, -0.25) is 0 Å². The van der Waals surface area contributed by atoms with Gasteiger partial charge in [0.1, 0.15) is 18.2 Å². The van der Waals surface area contributed by atoms with E-state index in [4.69, 9.17) is 21.3 Å². The maximum atomic E-state index is 8.71. The first kappa shape index (κ1) is 10.4. The second-order valence-electron chi connectivity index (χ2n) is 3.19. The van der Waals surface area contributed by atoms with Crippen LogP contribution >= 0.6 is 0 Å². The first-order valence-electron chi connectivity index (χ1n) is 4.77. The Morgan fingerprint density at radius 1 is 1.25 bits per heavy atom. The second kappa shape index (κ2) is 4.19. The normalized spacial score (nSPS) is 10.6. The van der Waals surface area contributed by atoms with E-state index in [0.29, 0.717) is 16.7 Å². The van der Waals surface area contributed by atoms with E-state index in [1.54, 1.807) is 18.2 Å². The SMILES string of the molecule is Nc1nc(N)c2c(OCCO)cccc2n1. The monoisotopic (exact) mass is 220 g/mol. The topological polar surface area (TPSA) is 107 Å². The van der Waals surface area contributed by atoms with Crippen molar-refractivity contribution in [2.24, 2.45) is 0 Å². The Bertz CT molecular complexity index is 515. The van der Waals surface area contributed by atoms with Crippen molar-refractivity contribution in [1.82, 2.24) is 9.97 Å². The van der Waals surface area contributed by atoms with E-state index in [9.17, 15) is 0 Å². The summed E-state index contributed by atoms with van der Waals surface area (Å²) in [4.78, 5) is 7.92. The number of hydrogen-bond donors (Lipinski definition) is 3. The molecule has 0 aliphatic heterocycles. The van der Waals surface area contributed by atoms with Crippen molar-refractivity contribution >= 4 is 22.7 Å². The lowest BCUT2D eigenvalue weighted by Gasteiger charge is -2.09. The summed E-state index contributed by atoms with van der Waals surface area (Å²) in [6.07, 6.45) is 0. The van der Waals surface area contributed by atoms with Crippen LogP contribution in [0.3, 0.4) is 0 Å². The van der Waals surface area contributed by atoms with Crippen molar-refractivity contribution in [2.45, 2.75) is 0 Å². The lowest BCUT2D eigenvalue weighted by molar-refractivity contribution is 0.203. The van der Waals surface area contributed by atoms with Gasteiger partial charge >= 0.3 is 0 Å². The summed E-state index contributed by atoms with van der Waals surface area (Å²) in [5, 5.41) is 9.32. The van der Waals surface area contributed by atoms with Crippen molar-refractivity contribution in [1.29, 1.82) is 0 Å². The lowest BCUT2D eigenvalue weighted by Crippen LogP contribution is -2.05. The van der Waals surface area contributed by atoms with Crippen LogP contribution in [0.25, 0.3) is 10.9 Å². The van der Waals surface area contributed by atoms with Gasteiger partial charge in [-0.1, -0.05) is 6.07 Å². The van der Waals surface area contributed by atoms with E-state index in [-0.39, 0.29) is 25.0 Å². The number of anilines is 2. The Hall–Kier alpha value is -2.08. The summed E-state index contributed by atoms with van der Waals surface area (Å²) in [6, 6.07) is 5.30. The number of nitrogens with two attached hydrogens (primary N) is 2. The highest BCUT2D eigenvalue weighted by molar-refractivity contribution is 5.94. The zero-order valence-electron chi connectivity index (χ0n) is 8.55. The summed E-state index contributed by atoms with van der Waals surface area (Å²) < 4.78 is 5.34. The third kappa shape index (κ3) is 1.82. The minimum absolute atomic E-state index is 0.0634. The molecule has 0 radical (unpaired) electrons. The fourth-order valence-electron chi connectivity index (χ4n) is 1.47. The summed E-state index contributed by atoms with van der Waals surface area (Å²) in [6.45, 7) is 0.134. The van der Waals surface area contributed by atoms with Gasteiger partial charge < -0.3 is 21.3 Å². The highest BCUT2D eigenvalue weighted by Crippen LogP contribution is 2.28. The fourth-order valence-corrected chi connectivity index (χ4v) is 1.47. The minimum Gasteiger partial charge on any atom is -0.490 e. The van der Waals surface area contributed by atoms with Crippen molar-refractivity contribution in [3.8, 4) is 5.75 Å². The van der Waals surface area contributed by atoms with Gasteiger partial charge in [-0.05, 0) is 12.1 Å². The molecule has 1 heterocycles. The van der Waals surface area contributed by atoms with Gasteiger partial charge in [0.25, 0.3) is 0 Å². The summed E-state index contributed by atoms with van der Waals surface area (Å²) >= 11 is 0. The molecule has 6 nitrogen and oxygen atoms in total. The van der Waals surface area contributed by atoms with Crippen LogP contribution in [0.4, 0.5) is 11.8 Å². The molecule has 1 aromatic carbocycles. The van der Waals surface area contributed by atoms with E-state index in [0.717, 1.165) is 0 Å². The number of aliphatic hydroxyl groups excluding tert-OH is 1. The Labute approximate surface area is 91.9 Å². The van der Waals surface area contributed by atoms with E-state index in [1.165, 1.54) is 0 Å². The number of nitrogens with zero attached hydrogens (tertiary/aromatic N) is 2. The molecule has 0 aliphatic carbocycles. The number of fused-ring (bicyclic) bond motifs is 1. The maximum absolute atomic E-state index is 8.71. The van der Waals surface area contributed by atoms with Gasteiger partial charge in [-0.15, -0.1) is 0 Å². The Morgan fingerprint density at radius 2 is 2.06 bits per heavy atom. The third-order valence-corrected chi connectivity index (χ3v) is 2.08. The van der Waals surface area contributed by atoms with Crippen LogP contribution in [0.15, 0.2) is 18.2 Å². The second-order valence-corrected chi connectivity index (χ2v) is 3.19. The minimum atomic E-state index is -0.0634. The maximum Gasteiger partial charge on any atom is 0.222 e. The predicted molar refractivity (Wildman–Crippen MR) is 60.9 cm³/mol. The molecule has 2 rings (SSSR count). The molecular formula is C10H12N4O2. The van der Waals surface area contributed by atoms with Crippen LogP contribution in [0.1, 0.15) is 0 Å². The van der Waals surface area contributed by atoms with Crippen LogP contribution in [0, 0.1) is 0 Å². The van der Waals surface area contributed by atoms with E-state index in [1.807, 2.05) is 0 Å². The van der Waals surface area contributed by atoms with Crippen molar-refractivity contribution in [3.63, 3.8) is 0 Å². The van der Waals surface area contributed by atoms with Crippen LogP contribution in [-0.2, 0) is 0 Å². The van der Waals surface area contributed by atoms with E-state index in [2.05, 4.69) is 9.97 Å². The van der Waals surface area contributed by atoms with Crippen LogP contribution in [0.5, 0.6) is 5.75 Å². The van der Waals surface area contributed by atoms with Crippen molar-refractivity contribution < 1.29 is 9.84 Å². The predicted octanol–water partition coefficient (Wildman–Crippen LogP) is 0.165. The molecule has 1 aromatic heterocycles. The number of aliphatic hydroxyl groups is 1. The Morgan fingerprint density at radius 3 is 2.81 bits per heavy atom. The number of rotatable bonds is 3. The molecule has 84 valence electrons. The molecule has 0 atom stereocenters. The highest BCUT2D eigenvalue weighted by Gasteiger charge is 2.08. The van der Waals surface area contributed by atoms with E-state index >= 15 is 0 Å². The fraction of sp³-hybridized carbons (Fsp3) is 0.200.